The highest BCUT2D eigenvalue weighted by atomic mass is 16.5. The quantitative estimate of drug-likeness (QED) is 0.612. The molecule has 94 valence electrons. The highest BCUT2D eigenvalue weighted by Crippen LogP contribution is 1.91. The number of carbonyl (C=O) groups is 2. The summed E-state index contributed by atoms with van der Waals surface area (Å²) >= 11 is 0. The molecule has 0 aliphatic heterocycles. The van der Waals surface area contributed by atoms with Gasteiger partial charge in [-0.25, -0.2) is 4.79 Å². The van der Waals surface area contributed by atoms with Gasteiger partial charge in [-0.1, -0.05) is 13.8 Å². The Balaban J connectivity index is 3.47. The van der Waals surface area contributed by atoms with Crippen LogP contribution in [0.3, 0.4) is 0 Å². The summed E-state index contributed by atoms with van der Waals surface area (Å²) in [6.07, 6.45) is -0.574. The molecule has 0 aromatic carbocycles. The molecule has 0 radical (unpaired) electrons. The van der Waals surface area contributed by atoms with Gasteiger partial charge in [0, 0.05) is 13.7 Å². The number of hydrogen-bond donors (Lipinski definition) is 2. The van der Waals surface area contributed by atoms with E-state index in [1.54, 1.807) is 7.11 Å². The lowest BCUT2D eigenvalue weighted by Crippen LogP contribution is -2.38. The first kappa shape index (κ1) is 14.7. The summed E-state index contributed by atoms with van der Waals surface area (Å²) < 4.78 is 9.58. The molecular weight excluding hydrogens is 212 g/mol. The van der Waals surface area contributed by atoms with E-state index >= 15 is 0 Å². The third-order valence-electron chi connectivity index (χ3n) is 1.57. The van der Waals surface area contributed by atoms with E-state index in [2.05, 4.69) is 10.6 Å². The van der Waals surface area contributed by atoms with Crippen LogP contribution in [-0.4, -0.2) is 45.4 Å². The van der Waals surface area contributed by atoms with Gasteiger partial charge in [0.05, 0.1) is 19.8 Å². The second-order valence-corrected chi connectivity index (χ2v) is 3.69. The first-order chi connectivity index (χ1) is 7.56. The predicted octanol–water partition coefficient (Wildman–Crippen LogP) is 0.131. The molecule has 0 aromatic heterocycles. The molecule has 0 heterocycles. The minimum atomic E-state index is -0.574. The summed E-state index contributed by atoms with van der Waals surface area (Å²) in [4.78, 5) is 22.2. The maximum absolute atomic E-state index is 11.1. The molecule has 0 saturated heterocycles. The molecule has 0 aromatic rings. The molecule has 0 unspecified atom stereocenters. The number of methoxy groups -OCH3 is 1. The van der Waals surface area contributed by atoms with Crippen LogP contribution in [0.25, 0.3) is 0 Å². The fraction of sp³-hybridized carbons (Fsp3) is 0.800. The molecule has 2 amide bonds. The van der Waals surface area contributed by atoms with Crippen molar-refractivity contribution in [1.82, 2.24) is 10.6 Å². The molecule has 0 atom stereocenters. The smallest absolute Gasteiger partial charge is 0.407 e. The zero-order valence-corrected chi connectivity index (χ0v) is 10.0. The lowest BCUT2D eigenvalue weighted by molar-refractivity contribution is -0.120. The predicted molar refractivity (Wildman–Crippen MR) is 59.1 cm³/mol. The highest BCUT2D eigenvalue weighted by molar-refractivity contribution is 5.82. The summed E-state index contributed by atoms with van der Waals surface area (Å²) in [5, 5.41) is 4.92. The normalized spacial score (nSPS) is 10.0. The molecule has 0 aliphatic carbocycles. The highest BCUT2D eigenvalue weighted by Gasteiger charge is 2.06. The standard InChI is InChI=1S/C10H20N2O4/c1-8(2)7-16-10(14)12-6-9(13)11-4-5-15-3/h8H,4-7H2,1-3H3,(H,11,13)(H,12,14). The molecule has 0 rings (SSSR count). The Morgan fingerprint density at radius 3 is 2.50 bits per heavy atom. The van der Waals surface area contributed by atoms with Gasteiger partial charge in [-0.15, -0.1) is 0 Å². The van der Waals surface area contributed by atoms with Gasteiger partial charge >= 0.3 is 6.09 Å². The van der Waals surface area contributed by atoms with Crippen LogP contribution in [0.5, 0.6) is 0 Å². The summed E-state index contributed by atoms with van der Waals surface area (Å²) in [5.74, 6) is 0.0137. The van der Waals surface area contributed by atoms with Crippen molar-refractivity contribution in [2.45, 2.75) is 13.8 Å². The van der Waals surface area contributed by atoms with Crippen molar-refractivity contribution < 1.29 is 19.1 Å². The Bertz CT molecular complexity index is 219. The Kier molecular flexibility index (Phi) is 8.24. The van der Waals surface area contributed by atoms with Crippen molar-refractivity contribution in [3.8, 4) is 0 Å². The molecule has 0 bridgehead atoms. The fourth-order valence-corrected chi connectivity index (χ4v) is 0.801. The van der Waals surface area contributed by atoms with Crippen LogP contribution in [0, 0.1) is 5.92 Å². The lowest BCUT2D eigenvalue weighted by Gasteiger charge is -2.08. The Labute approximate surface area is 95.7 Å². The van der Waals surface area contributed by atoms with Gasteiger partial charge in [0.1, 0.15) is 0 Å². The molecule has 6 heteroatoms. The number of nitrogens with one attached hydrogen (secondary N) is 2. The number of hydrogen-bond acceptors (Lipinski definition) is 4. The molecule has 0 saturated carbocycles. The number of amides is 2. The summed E-state index contributed by atoms with van der Waals surface area (Å²) in [5.41, 5.74) is 0. The van der Waals surface area contributed by atoms with Crippen LogP contribution < -0.4 is 10.6 Å². The summed E-state index contributed by atoms with van der Waals surface area (Å²) in [7, 11) is 1.55. The van der Waals surface area contributed by atoms with Crippen LogP contribution in [0.4, 0.5) is 4.79 Å². The minimum absolute atomic E-state index is 0.0827. The van der Waals surface area contributed by atoms with E-state index in [0.29, 0.717) is 19.8 Å². The third kappa shape index (κ3) is 9.26. The molecule has 0 aliphatic rings. The molecule has 2 N–H and O–H groups in total. The minimum Gasteiger partial charge on any atom is -0.449 e. The largest absolute Gasteiger partial charge is 0.449 e. The zero-order valence-electron chi connectivity index (χ0n) is 10.0. The summed E-state index contributed by atoms with van der Waals surface area (Å²) in [6.45, 7) is 5.01. The number of rotatable bonds is 7. The Hall–Kier alpha value is -1.30. The third-order valence-corrected chi connectivity index (χ3v) is 1.57. The van der Waals surface area contributed by atoms with Crippen molar-refractivity contribution in [1.29, 1.82) is 0 Å². The van der Waals surface area contributed by atoms with E-state index < -0.39 is 6.09 Å². The number of ether oxygens (including phenoxy) is 2. The van der Waals surface area contributed by atoms with Gasteiger partial charge in [-0.2, -0.15) is 0 Å². The van der Waals surface area contributed by atoms with Crippen molar-refractivity contribution in [2.24, 2.45) is 5.92 Å². The fourth-order valence-electron chi connectivity index (χ4n) is 0.801. The van der Waals surface area contributed by atoms with Crippen LogP contribution >= 0.6 is 0 Å². The van der Waals surface area contributed by atoms with Crippen LogP contribution in [0.1, 0.15) is 13.8 Å². The first-order valence-electron chi connectivity index (χ1n) is 5.22. The van der Waals surface area contributed by atoms with E-state index in [1.807, 2.05) is 13.8 Å². The molecular formula is C10H20N2O4. The zero-order chi connectivity index (χ0) is 12.4. The van der Waals surface area contributed by atoms with Crippen molar-refractivity contribution in [3.63, 3.8) is 0 Å². The van der Waals surface area contributed by atoms with E-state index in [9.17, 15) is 9.59 Å². The van der Waals surface area contributed by atoms with Gasteiger partial charge in [0.2, 0.25) is 5.91 Å². The second kappa shape index (κ2) is 8.96. The SMILES string of the molecule is COCCNC(=O)CNC(=O)OCC(C)C. The van der Waals surface area contributed by atoms with E-state index in [1.165, 1.54) is 0 Å². The Morgan fingerprint density at radius 2 is 1.94 bits per heavy atom. The van der Waals surface area contributed by atoms with Gasteiger partial charge in [0.25, 0.3) is 0 Å². The van der Waals surface area contributed by atoms with Crippen molar-refractivity contribution >= 4 is 12.0 Å². The van der Waals surface area contributed by atoms with Gasteiger partial charge in [0.15, 0.2) is 0 Å². The summed E-state index contributed by atoms with van der Waals surface area (Å²) in [6, 6.07) is 0. The average Bonchev–Trinajstić information content (AvgIpc) is 2.24. The topological polar surface area (TPSA) is 76.7 Å². The first-order valence-corrected chi connectivity index (χ1v) is 5.22. The number of alkyl carbamates (subject to hydrolysis) is 1. The van der Waals surface area contributed by atoms with E-state index in [-0.39, 0.29) is 18.4 Å². The van der Waals surface area contributed by atoms with Crippen LogP contribution in [0.15, 0.2) is 0 Å². The second-order valence-electron chi connectivity index (χ2n) is 3.69. The molecule has 6 nitrogen and oxygen atoms in total. The van der Waals surface area contributed by atoms with Crippen LogP contribution in [-0.2, 0) is 14.3 Å². The van der Waals surface area contributed by atoms with Crippen molar-refractivity contribution in [3.05, 3.63) is 0 Å². The van der Waals surface area contributed by atoms with Gasteiger partial charge < -0.3 is 20.1 Å². The Morgan fingerprint density at radius 1 is 1.25 bits per heavy atom. The van der Waals surface area contributed by atoms with Crippen molar-refractivity contribution in [2.75, 3.05) is 33.4 Å². The maximum atomic E-state index is 11.1. The average molecular weight is 232 g/mol. The molecule has 16 heavy (non-hydrogen) atoms. The van der Waals surface area contributed by atoms with Crippen LogP contribution in [0.2, 0.25) is 0 Å². The molecule has 0 fully saturated rings. The monoisotopic (exact) mass is 232 g/mol. The van der Waals surface area contributed by atoms with Gasteiger partial charge in [-0.05, 0) is 5.92 Å². The molecule has 0 spiro atoms. The van der Waals surface area contributed by atoms with E-state index in [0.717, 1.165) is 0 Å². The van der Waals surface area contributed by atoms with Gasteiger partial charge in [-0.3, -0.25) is 4.79 Å². The lowest BCUT2D eigenvalue weighted by atomic mass is 10.2. The maximum Gasteiger partial charge on any atom is 0.407 e. The van der Waals surface area contributed by atoms with E-state index in [4.69, 9.17) is 9.47 Å². The number of carbonyl (C=O) groups excluding carboxylic acids is 2.